The van der Waals surface area contributed by atoms with Gasteiger partial charge in [-0.25, -0.2) is 4.79 Å². The summed E-state index contributed by atoms with van der Waals surface area (Å²) < 4.78 is 4.84. The number of carbonyl (C=O) groups excluding carboxylic acids is 1. The fourth-order valence-corrected chi connectivity index (χ4v) is 1.27. The second-order valence-electron chi connectivity index (χ2n) is 3.35. The van der Waals surface area contributed by atoms with E-state index in [2.05, 4.69) is 0 Å². The lowest BCUT2D eigenvalue weighted by Crippen LogP contribution is -2.44. The summed E-state index contributed by atoms with van der Waals surface area (Å²) in [6.07, 6.45) is -0.458. The van der Waals surface area contributed by atoms with Crippen LogP contribution in [0.4, 0.5) is 4.79 Å². The first-order chi connectivity index (χ1) is 6.95. The standard InChI is InChI=1S/C10H19NO4/c1-5-11(10(14)15-6-2)8(4)7(3)9(12)13/h7-8H,5-6H2,1-4H3,(H,12,13). The van der Waals surface area contributed by atoms with E-state index in [0.29, 0.717) is 13.2 Å². The number of hydrogen-bond donors (Lipinski definition) is 1. The molecule has 1 amide bonds. The molecule has 2 unspecified atom stereocenters. The number of ether oxygens (including phenoxy) is 1. The van der Waals surface area contributed by atoms with Crippen molar-refractivity contribution in [2.75, 3.05) is 13.2 Å². The molecule has 0 bridgehead atoms. The van der Waals surface area contributed by atoms with Crippen molar-refractivity contribution < 1.29 is 19.4 Å². The topological polar surface area (TPSA) is 66.8 Å². The van der Waals surface area contributed by atoms with Crippen molar-refractivity contribution in [3.8, 4) is 0 Å². The Morgan fingerprint density at radius 3 is 2.20 bits per heavy atom. The zero-order chi connectivity index (χ0) is 12.0. The van der Waals surface area contributed by atoms with E-state index < -0.39 is 18.0 Å². The van der Waals surface area contributed by atoms with Gasteiger partial charge in [0.05, 0.1) is 12.5 Å². The van der Waals surface area contributed by atoms with Crippen molar-refractivity contribution in [1.82, 2.24) is 4.90 Å². The van der Waals surface area contributed by atoms with Gasteiger partial charge in [0.25, 0.3) is 0 Å². The maximum atomic E-state index is 11.5. The average Bonchev–Trinajstić information content (AvgIpc) is 2.17. The Morgan fingerprint density at radius 2 is 1.87 bits per heavy atom. The molecule has 1 N–H and O–H groups in total. The molecular formula is C10H19NO4. The van der Waals surface area contributed by atoms with E-state index in [9.17, 15) is 9.59 Å². The predicted octanol–water partition coefficient (Wildman–Crippen LogP) is 1.57. The summed E-state index contributed by atoms with van der Waals surface area (Å²) in [5, 5.41) is 8.83. The van der Waals surface area contributed by atoms with Crippen LogP contribution in [0.2, 0.25) is 0 Å². The van der Waals surface area contributed by atoms with Gasteiger partial charge in [0.2, 0.25) is 0 Å². The number of carbonyl (C=O) groups is 2. The van der Waals surface area contributed by atoms with Gasteiger partial charge in [-0.15, -0.1) is 0 Å². The van der Waals surface area contributed by atoms with Crippen molar-refractivity contribution in [3.63, 3.8) is 0 Å². The molecule has 5 nitrogen and oxygen atoms in total. The van der Waals surface area contributed by atoms with Gasteiger partial charge in [-0.2, -0.15) is 0 Å². The Hall–Kier alpha value is -1.26. The van der Waals surface area contributed by atoms with Gasteiger partial charge in [0, 0.05) is 12.6 Å². The van der Waals surface area contributed by atoms with E-state index >= 15 is 0 Å². The minimum Gasteiger partial charge on any atom is -0.481 e. The molecule has 0 saturated heterocycles. The quantitative estimate of drug-likeness (QED) is 0.759. The second-order valence-corrected chi connectivity index (χ2v) is 3.35. The molecule has 5 heteroatoms. The number of rotatable bonds is 5. The Bertz CT molecular complexity index is 229. The molecule has 0 heterocycles. The Balaban J connectivity index is 4.52. The zero-order valence-corrected chi connectivity index (χ0v) is 9.69. The van der Waals surface area contributed by atoms with E-state index in [1.807, 2.05) is 0 Å². The lowest BCUT2D eigenvalue weighted by Gasteiger charge is -2.29. The third-order valence-electron chi connectivity index (χ3n) is 2.45. The summed E-state index contributed by atoms with van der Waals surface area (Å²) in [6.45, 7) is 7.54. The first kappa shape index (κ1) is 13.7. The van der Waals surface area contributed by atoms with E-state index in [1.54, 1.807) is 27.7 Å². The SMILES string of the molecule is CCOC(=O)N(CC)C(C)C(C)C(=O)O. The first-order valence-corrected chi connectivity index (χ1v) is 5.11. The normalized spacial score (nSPS) is 14.1. The number of carboxylic acid groups (broad SMARTS) is 1. The molecule has 0 aromatic carbocycles. The number of hydrogen-bond acceptors (Lipinski definition) is 3. The Labute approximate surface area is 90.0 Å². The minimum absolute atomic E-state index is 0.295. The summed E-state index contributed by atoms with van der Waals surface area (Å²) in [6, 6.07) is -0.369. The van der Waals surface area contributed by atoms with Crippen LogP contribution in [-0.2, 0) is 9.53 Å². The van der Waals surface area contributed by atoms with Crippen LogP contribution in [0, 0.1) is 5.92 Å². The summed E-state index contributed by atoms with van der Waals surface area (Å²) in [4.78, 5) is 23.6. The van der Waals surface area contributed by atoms with E-state index in [4.69, 9.17) is 9.84 Å². The number of carboxylic acids is 1. The molecule has 0 aromatic heterocycles. The molecule has 0 aliphatic rings. The van der Waals surface area contributed by atoms with Crippen molar-refractivity contribution in [2.45, 2.75) is 33.7 Å². The van der Waals surface area contributed by atoms with Crippen molar-refractivity contribution in [1.29, 1.82) is 0 Å². The molecule has 2 atom stereocenters. The van der Waals surface area contributed by atoms with Crippen LogP contribution in [0.3, 0.4) is 0 Å². The molecule has 0 spiro atoms. The molecule has 0 saturated carbocycles. The maximum Gasteiger partial charge on any atom is 0.409 e. The highest BCUT2D eigenvalue weighted by molar-refractivity contribution is 5.73. The van der Waals surface area contributed by atoms with Crippen LogP contribution >= 0.6 is 0 Å². The van der Waals surface area contributed by atoms with Crippen molar-refractivity contribution in [2.24, 2.45) is 5.92 Å². The largest absolute Gasteiger partial charge is 0.481 e. The highest BCUT2D eigenvalue weighted by Gasteiger charge is 2.28. The van der Waals surface area contributed by atoms with Crippen LogP contribution in [0.15, 0.2) is 0 Å². The highest BCUT2D eigenvalue weighted by Crippen LogP contribution is 2.12. The Morgan fingerprint density at radius 1 is 1.33 bits per heavy atom. The molecular weight excluding hydrogens is 198 g/mol. The first-order valence-electron chi connectivity index (χ1n) is 5.11. The van der Waals surface area contributed by atoms with Gasteiger partial charge in [-0.05, 0) is 27.7 Å². The van der Waals surface area contributed by atoms with Crippen molar-refractivity contribution in [3.05, 3.63) is 0 Å². The molecule has 0 aliphatic heterocycles. The van der Waals surface area contributed by atoms with E-state index in [0.717, 1.165) is 0 Å². The van der Waals surface area contributed by atoms with E-state index in [1.165, 1.54) is 4.90 Å². The average molecular weight is 217 g/mol. The van der Waals surface area contributed by atoms with Crippen LogP contribution in [0.1, 0.15) is 27.7 Å². The Kier molecular flexibility index (Phi) is 5.74. The molecule has 0 aliphatic carbocycles. The summed E-state index contributed by atoms with van der Waals surface area (Å²) in [5.41, 5.74) is 0. The number of nitrogens with zero attached hydrogens (tertiary/aromatic N) is 1. The fraction of sp³-hybridized carbons (Fsp3) is 0.800. The van der Waals surface area contributed by atoms with Crippen LogP contribution in [-0.4, -0.2) is 41.3 Å². The van der Waals surface area contributed by atoms with Gasteiger partial charge in [0.15, 0.2) is 0 Å². The second kappa shape index (κ2) is 6.27. The lowest BCUT2D eigenvalue weighted by atomic mass is 10.0. The molecule has 88 valence electrons. The third kappa shape index (κ3) is 3.77. The number of aliphatic carboxylic acids is 1. The monoisotopic (exact) mass is 217 g/mol. The molecule has 0 radical (unpaired) electrons. The van der Waals surface area contributed by atoms with Gasteiger partial charge < -0.3 is 14.7 Å². The van der Waals surface area contributed by atoms with Crippen LogP contribution in [0.5, 0.6) is 0 Å². The van der Waals surface area contributed by atoms with Gasteiger partial charge in [0.1, 0.15) is 0 Å². The van der Waals surface area contributed by atoms with Crippen molar-refractivity contribution >= 4 is 12.1 Å². The smallest absolute Gasteiger partial charge is 0.409 e. The van der Waals surface area contributed by atoms with E-state index in [-0.39, 0.29) is 6.04 Å². The summed E-state index contributed by atoms with van der Waals surface area (Å²) in [5.74, 6) is -1.51. The molecule has 0 aromatic rings. The fourth-order valence-electron chi connectivity index (χ4n) is 1.27. The third-order valence-corrected chi connectivity index (χ3v) is 2.45. The summed E-state index contributed by atoms with van der Waals surface area (Å²) in [7, 11) is 0. The maximum absolute atomic E-state index is 11.5. The van der Waals surface area contributed by atoms with Gasteiger partial charge >= 0.3 is 12.1 Å². The highest BCUT2D eigenvalue weighted by atomic mass is 16.6. The predicted molar refractivity (Wildman–Crippen MR) is 55.7 cm³/mol. The van der Waals surface area contributed by atoms with Gasteiger partial charge in [-0.3, -0.25) is 4.79 Å². The number of amides is 1. The molecule has 0 rings (SSSR count). The zero-order valence-electron chi connectivity index (χ0n) is 9.69. The van der Waals surface area contributed by atoms with Gasteiger partial charge in [-0.1, -0.05) is 0 Å². The van der Waals surface area contributed by atoms with Crippen LogP contribution in [0.25, 0.3) is 0 Å². The van der Waals surface area contributed by atoms with Crippen LogP contribution < -0.4 is 0 Å². The lowest BCUT2D eigenvalue weighted by molar-refractivity contribution is -0.142. The summed E-state index contributed by atoms with van der Waals surface area (Å²) >= 11 is 0. The minimum atomic E-state index is -0.912. The molecule has 0 fully saturated rings. The molecule has 15 heavy (non-hydrogen) atoms.